The van der Waals surface area contributed by atoms with Gasteiger partial charge in [0.05, 0.1) is 0 Å². The molecule has 0 fully saturated rings. The van der Waals surface area contributed by atoms with E-state index in [9.17, 15) is 5.11 Å². The molecule has 1 aromatic carbocycles. The van der Waals surface area contributed by atoms with E-state index in [-0.39, 0.29) is 0 Å². The minimum Gasteiger partial charge on any atom is -0.371 e. The molecule has 0 heterocycles. The fourth-order valence-corrected chi connectivity index (χ4v) is 1.62. The molecule has 0 aromatic heterocycles. The Kier molecular flexibility index (Phi) is 3.53. The molecule has 0 aliphatic carbocycles. The van der Waals surface area contributed by atoms with Gasteiger partial charge in [-0.05, 0) is 38.2 Å². The van der Waals surface area contributed by atoms with Crippen molar-refractivity contribution in [2.75, 3.05) is 14.1 Å². The Morgan fingerprint density at radius 3 is 2.14 bits per heavy atom. The lowest BCUT2D eigenvalue weighted by atomic mass is 9.99. The highest BCUT2D eigenvalue weighted by Gasteiger charge is 2.29. The third kappa shape index (κ3) is 2.08. The summed E-state index contributed by atoms with van der Waals surface area (Å²) >= 11 is 5.79. The molecule has 1 aromatic rings. The second kappa shape index (κ2) is 4.30. The van der Waals surface area contributed by atoms with Crippen LogP contribution in [0.25, 0.3) is 0 Å². The molecule has 14 heavy (non-hydrogen) atoms. The molecule has 1 atom stereocenters. The smallest absolute Gasteiger partial charge is 0.143 e. The molecular formula is C11H16ClNO. The van der Waals surface area contributed by atoms with Crippen LogP contribution >= 0.6 is 11.6 Å². The van der Waals surface area contributed by atoms with Crippen LogP contribution < -0.4 is 0 Å². The van der Waals surface area contributed by atoms with E-state index in [1.54, 1.807) is 17.0 Å². The number of nitrogens with zero attached hydrogens (tertiary/aromatic N) is 1. The average molecular weight is 214 g/mol. The van der Waals surface area contributed by atoms with Gasteiger partial charge in [0.25, 0.3) is 0 Å². The fraction of sp³-hybridized carbons (Fsp3) is 0.455. The Morgan fingerprint density at radius 1 is 1.29 bits per heavy atom. The highest BCUT2D eigenvalue weighted by Crippen LogP contribution is 2.27. The summed E-state index contributed by atoms with van der Waals surface area (Å²) in [7, 11) is 3.72. The largest absolute Gasteiger partial charge is 0.371 e. The van der Waals surface area contributed by atoms with Crippen molar-refractivity contribution >= 4 is 11.6 Å². The quantitative estimate of drug-likeness (QED) is 0.780. The summed E-state index contributed by atoms with van der Waals surface area (Å²) in [6, 6.07) is 7.29. The maximum Gasteiger partial charge on any atom is 0.143 e. The molecule has 0 spiro atoms. The minimum absolute atomic E-state index is 0.641. The SMILES string of the molecule is CCC(O)(c1ccc(Cl)cc1)N(C)C. The Labute approximate surface area is 90.1 Å². The normalized spacial score (nSPS) is 15.6. The molecule has 1 N–H and O–H groups in total. The van der Waals surface area contributed by atoms with E-state index < -0.39 is 5.72 Å². The van der Waals surface area contributed by atoms with Crippen LogP contribution in [-0.4, -0.2) is 24.1 Å². The van der Waals surface area contributed by atoms with Crippen LogP contribution in [0, 0.1) is 0 Å². The van der Waals surface area contributed by atoms with Gasteiger partial charge >= 0.3 is 0 Å². The van der Waals surface area contributed by atoms with Gasteiger partial charge in [0, 0.05) is 5.02 Å². The predicted octanol–water partition coefficient (Wildman–Crippen LogP) is 2.46. The van der Waals surface area contributed by atoms with Crippen molar-refractivity contribution in [1.82, 2.24) is 4.90 Å². The molecule has 0 saturated heterocycles. The van der Waals surface area contributed by atoms with Gasteiger partial charge in [0.2, 0.25) is 0 Å². The molecule has 1 rings (SSSR count). The molecule has 0 bridgehead atoms. The van der Waals surface area contributed by atoms with E-state index >= 15 is 0 Å². The molecule has 3 heteroatoms. The summed E-state index contributed by atoms with van der Waals surface area (Å²) in [5, 5.41) is 11.0. The first-order valence-corrected chi connectivity index (χ1v) is 5.04. The van der Waals surface area contributed by atoms with E-state index in [0.29, 0.717) is 11.4 Å². The summed E-state index contributed by atoms with van der Waals surface area (Å²) in [4.78, 5) is 1.80. The van der Waals surface area contributed by atoms with Crippen LogP contribution in [0.1, 0.15) is 18.9 Å². The van der Waals surface area contributed by atoms with Gasteiger partial charge < -0.3 is 5.11 Å². The second-order valence-electron chi connectivity index (χ2n) is 3.57. The molecule has 2 nitrogen and oxygen atoms in total. The van der Waals surface area contributed by atoms with E-state index in [2.05, 4.69) is 0 Å². The number of aliphatic hydroxyl groups is 1. The number of benzene rings is 1. The van der Waals surface area contributed by atoms with Crippen LogP contribution in [-0.2, 0) is 5.72 Å². The third-order valence-electron chi connectivity index (χ3n) is 2.54. The summed E-state index contributed by atoms with van der Waals surface area (Å²) in [6.45, 7) is 1.95. The Morgan fingerprint density at radius 2 is 1.79 bits per heavy atom. The van der Waals surface area contributed by atoms with E-state index in [1.165, 1.54) is 0 Å². The highest BCUT2D eigenvalue weighted by atomic mass is 35.5. The highest BCUT2D eigenvalue weighted by molar-refractivity contribution is 6.30. The Hall–Kier alpha value is -0.570. The summed E-state index contributed by atoms with van der Waals surface area (Å²) < 4.78 is 0. The van der Waals surface area contributed by atoms with Gasteiger partial charge in [0.15, 0.2) is 0 Å². The number of hydrogen-bond acceptors (Lipinski definition) is 2. The van der Waals surface area contributed by atoms with E-state index in [1.807, 2.05) is 33.2 Å². The first kappa shape index (κ1) is 11.5. The molecule has 0 radical (unpaired) electrons. The molecule has 0 aliphatic rings. The molecule has 0 saturated carbocycles. The zero-order chi connectivity index (χ0) is 10.8. The van der Waals surface area contributed by atoms with Gasteiger partial charge in [-0.15, -0.1) is 0 Å². The first-order chi connectivity index (χ1) is 6.50. The topological polar surface area (TPSA) is 23.5 Å². The lowest BCUT2D eigenvalue weighted by Crippen LogP contribution is -2.40. The van der Waals surface area contributed by atoms with Crippen molar-refractivity contribution in [3.8, 4) is 0 Å². The van der Waals surface area contributed by atoms with Crippen LogP contribution in [0.5, 0.6) is 0 Å². The molecular weight excluding hydrogens is 198 g/mol. The van der Waals surface area contributed by atoms with Crippen molar-refractivity contribution < 1.29 is 5.11 Å². The number of rotatable bonds is 3. The zero-order valence-corrected chi connectivity index (χ0v) is 9.54. The van der Waals surface area contributed by atoms with Crippen molar-refractivity contribution in [3.05, 3.63) is 34.9 Å². The molecule has 78 valence electrons. The lowest BCUT2D eigenvalue weighted by Gasteiger charge is -2.34. The lowest BCUT2D eigenvalue weighted by molar-refractivity contribution is -0.0922. The summed E-state index contributed by atoms with van der Waals surface area (Å²) in [6.07, 6.45) is 0.641. The van der Waals surface area contributed by atoms with Crippen LogP contribution in [0.3, 0.4) is 0 Å². The maximum absolute atomic E-state index is 10.3. The van der Waals surface area contributed by atoms with Crippen molar-refractivity contribution in [3.63, 3.8) is 0 Å². The number of hydrogen-bond donors (Lipinski definition) is 1. The van der Waals surface area contributed by atoms with Gasteiger partial charge in [0.1, 0.15) is 5.72 Å². The summed E-state index contributed by atoms with van der Waals surface area (Å²) in [5.74, 6) is 0. The van der Waals surface area contributed by atoms with Gasteiger partial charge in [-0.1, -0.05) is 30.7 Å². The van der Waals surface area contributed by atoms with E-state index in [0.717, 1.165) is 5.56 Å². The third-order valence-corrected chi connectivity index (χ3v) is 2.79. The Balaban J connectivity index is 3.06. The molecule has 1 unspecified atom stereocenters. The van der Waals surface area contributed by atoms with Crippen LogP contribution in [0.4, 0.5) is 0 Å². The minimum atomic E-state index is -0.898. The van der Waals surface area contributed by atoms with Crippen LogP contribution in [0.2, 0.25) is 5.02 Å². The fourth-order valence-electron chi connectivity index (χ4n) is 1.50. The monoisotopic (exact) mass is 213 g/mol. The zero-order valence-electron chi connectivity index (χ0n) is 8.79. The first-order valence-electron chi connectivity index (χ1n) is 4.66. The Bertz CT molecular complexity index is 297. The van der Waals surface area contributed by atoms with Crippen LogP contribution in [0.15, 0.2) is 24.3 Å². The maximum atomic E-state index is 10.3. The molecule has 0 aliphatic heterocycles. The van der Waals surface area contributed by atoms with Gasteiger partial charge in [-0.25, -0.2) is 0 Å². The van der Waals surface area contributed by atoms with Gasteiger partial charge in [-0.2, -0.15) is 0 Å². The van der Waals surface area contributed by atoms with Crippen molar-refractivity contribution in [2.45, 2.75) is 19.1 Å². The second-order valence-corrected chi connectivity index (χ2v) is 4.01. The van der Waals surface area contributed by atoms with Gasteiger partial charge in [-0.3, -0.25) is 4.90 Å². The summed E-state index contributed by atoms with van der Waals surface area (Å²) in [5.41, 5.74) is -0.0284. The predicted molar refractivity (Wildman–Crippen MR) is 59.3 cm³/mol. The average Bonchev–Trinajstić information content (AvgIpc) is 2.17. The standard InChI is InChI=1S/C11H16ClNO/c1-4-11(14,13(2)3)9-5-7-10(12)8-6-9/h5-8,14H,4H2,1-3H3. The molecule has 0 amide bonds. The van der Waals surface area contributed by atoms with Crippen molar-refractivity contribution in [2.24, 2.45) is 0 Å². The number of halogens is 1. The van der Waals surface area contributed by atoms with Crippen molar-refractivity contribution in [1.29, 1.82) is 0 Å². The van der Waals surface area contributed by atoms with E-state index in [4.69, 9.17) is 11.6 Å².